The molecule has 2 N–H and O–H groups in total. The van der Waals surface area contributed by atoms with Gasteiger partial charge in [-0.15, -0.1) is 0 Å². The number of carbonyl (C=O) groups excluding carboxylic acids is 1. The second-order valence-corrected chi connectivity index (χ2v) is 4.47. The number of benzene rings is 1. The van der Waals surface area contributed by atoms with Crippen molar-refractivity contribution in [2.75, 3.05) is 13.7 Å². The Balaban J connectivity index is 2.13. The molecule has 2 rings (SSSR count). The minimum Gasteiger partial charge on any atom is -0.497 e. The van der Waals surface area contributed by atoms with Crippen LogP contribution in [0.5, 0.6) is 5.75 Å². The van der Waals surface area contributed by atoms with Crippen LogP contribution in [0.25, 0.3) is 0 Å². The Morgan fingerprint density at radius 1 is 1.47 bits per heavy atom. The number of hydrogen-bond donors (Lipinski definition) is 1. The number of morpholine rings is 1. The third kappa shape index (κ3) is 2.81. The van der Waals surface area contributed by atoms with E-state index in [0.29, 0.717) is 13.2 Å². The zero-order chi connectivity index (χ0) is 13.8. The van der Waals surface area contributed by atoms with Gasteiger partial charge in [-0.1, -0.05) is 12.1 Å². The van der Waals surface area contributed by atoms with E-state index in [4.69, 9.17) is 15.2 Å². The summed E-state index contributed by atoms with van der Waals surface area (Å²) in [5.41, 5.74) is 6.42. The molecule has 1 atom stereocenters. The molecule has 1 heterocycles. The fraction of sp³-hybridized carbons (Fsp3) is 0.357. The maximum Gasteiger partial charge on any atom is 0.291 e. The summed E-state index contributed by atoms with van der Waals surface area (Å²) in [4.78, 5) is 13.9. The van der Waals surface area contributed by atoms with Crippen LogP contribution in [-0.2, 0) is 16.1 Å². The van der Waals surface area contributed by atoms with Crippen LogP contribution < -0.4 is 10.5 Å². The van der Waals surface area contributed by atoms with Crippen LogP contribution in [0.3, 0.4) is 0 Å². The van der Waals surface area contributed by atoms with Crippen molar-refractivity contribution in [1.82, 2.24) is 4.90 Å². The van der Waals surface area contributed by atoms with Crippen molar-refractivity contribution >= 4 is 5.91 Å². The first-order chi connectivity index (χ1) is 9.15. The van der Waals surface area contributed by atoms with E-state index in [0.717, 1.165) is 11.3 Å². The Bertz CT molecular complexity index is 482. The zero-order valence-electron chi connectivity index (χ0n) is 11.1. The van der Waals surface area contributed by atoms with Gasteiger partial charge in [0.25, 0.3) is 5.91 Å². The minimum atomic E-state index is -0.169. The number of carbonyl (C=O) groups is 1. The number of amides is 1. The molecule has 0 aromatic heterocycles. The van der Waals surface area contributed by atoms with Crippen LogP contribution in [0.2, 0.25) is 0 Å². The summed E-state index contributed by atoms with van der Waals surface area (Å²) >= 11 is 0. The van der Waals surface area contributed by atoms with Gasteiger partial charge in [0, 0.05) is 12.7 Å². The van der Waals surface area contributed by atoms with Crippen molar-refractivity contribution in [2.45, 2.75) is 19.5 Å². The molecule has 1 saturated heterocycles. The van der Waals surface area contributed by atoms with E-state index in [2.05, 4.69) is 0 Å². The Hall–Kier alpha value is -2.17. The Morgan fingerprint density at radius 3 is 2.74 bits per heavy atom. The first-order valence-electron chi connectivity index (χ1n) is 6.14. The number of methoxy groups -OCH3 is 1. The van der Waals surface area contributed by atoms with E-state index in [1.54, 1.807) is 12.0 Å². The van der Waals surface area contributed by atoms with Crippen molar-refractivity contribution in [3.8, 4) is 5.75 Å². The third-order valence-corrected chi connectivity index (χ3v) is 3.15. The van der Waals surface area contributed by atoms with E-state index >= 15 is 0 Å². The summed E-state index contributed by atoms with van der Waals surface area (Å²) < 4.78 is 10.4. The lowest BCUT2D eigenvalue weighted by Crippen LogP contribution is -2.46. The van der Waals surface area contributed by atoms with Crippen molar-refractivity contribution in [3.63, 3.8) is 0 Å². The van der Waals surface area contributed by atoms with Crippen LogP contribution in [0, 0.1) is 0 Å². The lowest BCUT2D eigenvalue weighted by Gasteiger charge is -2.34. The van der Waals surface area contributed by atoms with E-state index in [1.807, 2.05) is 31.2 Å². The highest BCUT2D eigenvalue weighted by atomic mass is 16.5. The Kier molecular flexibility index (Phi) is 3.94. The lowest BCUT2D eigenvalue weighted by atomic mass is 10.1. The Labute approximate surface area is 112 Å². The molecule has 1 aromatic rings. The molecular formula is C14H18N2O3. The number of nitrogens with two attached hydrogens (primary N) is 1. The molecular weight excluding hydrogens is 244 g/mol. The molecule has 0 radical (unpaired) electrons. The van der Waals surface area contributed by atoms with Gasteiger partial charge in [0.05, 0.1) is 13.2 Å². The Morgan fingerprint density at radius 2 is 2.16 bits per heavy atom. The van der Waals surface area contributed by atoms with E-state index in [-0.39, 0.29) is 17.7 Å². The monoisotopic (exact) mass is 262 g/mol. The van der Waals surface area contributed by atoms with Gasteiger partial charge in [0.2, 0.25) is 0 Å². The molecule has 5 nitrogen and oxygen atoms in total. The smallest absolute Gasteiger partial charge is 0.291 e. The minimum absolute atomic E-state index is 0.0262. The molecule has 102 valence electrons. The standard InChI is InChI=1S/C14H18N2O3/c1-10-9-19-13(7-15)14(17)16(10)8-11-3-5-12(18-2)6-4-11/h3-7,10H,8-9,15H2,1-2H3/b13-7-. The molecule has 1 aliphatic rings. The molecule has 0 bridgehead atoms. The highest BCUT2D eigenvalue weighted by Gasteiger charge is 2.30. The molecule has 0 aliphatic carbocycles. The summed E-state index contributed by atoms with van der Waals surface area (Å²) in [5.74, 6) is 0.844. The topological polar surface area (TPSA) is 64.8 Å². The van der Waals surface area contributed by atoms with E-state index in [9.17, 15) is 4.79 Å². The molecule has 0 spiro atoms. The molecule has 5 heteroatoms. The quantitative estimate of drug-likeness (QED) is 0.832. The highest BCUT2D eigenvalue weighted by molar-refractivity contribution is 5.92. The third-order valence-electron chi connectivity index (χ3n) is 3.15. The van der Waals surface area contributed by atoms with Crippen molar-refractivity contribution in [1.29, 1.82) is 0 Å². The van der Waals surface area contributed by atoms with Crippen LogP contribution in [0.15, 0.2) is 36.2 Å². The van der Waals surface area contributed by atoms with Gasteiger partial charge in [0.1, 0.15) is 12.4 Å². The zero-order valence-corrected chi connectivity index (χ0v) is 11.1. The number of hydrogen-bond acceptors (Lipinski definition) is 4. The molecule has 1 fully saturated rings. The first kappa shape index (κ1) is 13.3. The predicted molar refractivity (Wildman–Crippen MR) is 71.2 cm³/mol. The summed E-state index contributed by atoms with van der Waals surface area (Å²) in [6, 6.07) is 7.67. The predicted octanol–water partition coefficient (Wildman–Crippen LogP) is 1.24. The second-order valence-electron chi connectivity index (χ2n) is 4.47. The van der Waals surface area contributed by atoms with Gasteiger partial charge in [0.15, 0.2) is 5.76 Å². The maximum atomic E-state index is 12.1. The van der Waals surface area contributed by atoms with Gasteiger partial charge in [-0.2, -0.15) is 0 Å². The molecule has 1 unspecified atom stereocenters. The fourth-order valence-electron chi connectivity index (χ4n) is 1.98. The average molecular weight is 262 g/mol. The number of nitrogens with zero attached hydrogens (tertiary/aromatic N) is 1. The highest BCUT2D eigenvalue weighted by Crippen LogP contribution is 2.20. The molecule has 1 aromatic carbocycles. The van der Waals surface area contributed by atoms with Gasteiger partial charge in [-0.25, -0.2) is 0 Å². The number of rotatable bonds is 3. The first-order valence-corrected chi connectivity index (χ1v) is 6.14. The van der Waals surface area contributed by atoms with Crippen LogP contribution in [0.4, 0.5) is 0 Å². The largest absolute Gasteiger partial charge is 0.497 e. The van der Waals surface area contributed by atoms with E-state index in [1.165, 1.54) is 6.20 Å². The van der Waals surface area contributed by atoms with Gasteiger partial charge in [-0.3, -0.25) is 4.79 Å². The van der Waals surface area contributed by atoms with Crippen molar-refractivity contribution in [3.05, 3.63) is 41.8 Å². The summed E-state index contributed by atoms with van der Waals surface area (Å²) in [5, 5.41) is 0. The van der Waals surface area contributed by atoms with Crippen LogP contribution >= 0.6 is 0 Å². The molecule has 1 amide bonds. The lowest BCUT2D eigenvalue weighted by molar-refractivity contribution is -0.140. The summed E-state index contributed by atoms with van der Waals surface area (Å²) in [6.07, 6.45) is 1.22. The van der Waals surface area contributed by atoms with Crippen LogP contribution in [0.1, 0.15) is 12.5 Å². The average Bonchev–Trinajstić information content (AvgIpc) is 2.44. The fourth-order valence-corrected chi connectivity index (χ4v) is 1.98. The second kappa shape index (κ2) is 5.65. The molecule has 0 saturated carbocycles. The normalized spacial score (nSPS) is 21.4. The van der Waals surface area contributed by atoms with Gasteiger partial charge >= 0.3 is 0 Å². The maximum absolute atomic E-state index is 12.1. The van der Waals surface area contributed by atoms with Crippen molar-refractivity contribution < 1.29 is 14.3 Å². The molecule has 19 heavy (non-hydrogen) atoms. The summed E-state index contributed by atoms with van der Waals surface area (Å²) in [7, 11) is 1.63. The van der Waals surface area contributed by atoms with E-state index < -0.39 is 0 Å². The molecule has 1 aliphatic heterocycles. The van der Waals surface area contributed by atoms with Gasteiger partial charge in [-0.05, 0) is 24.6 Å². The van der Waals surface area contributed by atoms with Crippen LogP contribution in [-0.4, -0.2) is 30.6 Å². The van der Waals surface area contributed by atoms with Gasteiger partial charge < -0.3 is 20.1 Å². The SMILES string of the molecule is COc1ccc(CN2C(=O)/C(=C/N)OCC2C)cc1. The summed E-state index contributed by atoms with van der Waals surface area (Å²) in [6.45, 7) is 2.95. The number of ether oxygens (including phenoxy) is 2. The van der Waals surface area contributed by atoms with Crippen molar-refractivity contribution in [2.24, 2.45) is 5.73 Å².